The van der Waals surface area contributed by atoms with Crippen molar-refractivity contribution in [2.45, 2.75) is 52.8 Å². The maximum absolute atomic E-state index is 14.1. The predicted molar refractivity (Wildman–Crippen MR) is 150 cm³/mol. The second-order valence-electron chi connectivity index (χ2n) is 9.89. The third kappa shape index (κ3) is 6.92. The number of nitrogens with zero attached hydrogens (tertiary/aromatic N) is 3. The summed E-state index contributed by atoms with van der Waals surface area (Å²) in [6.07, 6.45) is -2.61. The highest BCUT2D eigenvalue weighted by Gasteiger charge is 2.31. The van der Waals surface area contributed by atoms with Crippen molar-refractivity contribution in [2.75, 3.05) is 25.0 Å². The molecule has 0 saturated heterocycles. The summed E-state index contributed by atoms with van der Waals surface area (Å²) in [6.45, 7) is 11.6. The van der Waals surface area contributed by atoms with E-state index < -0.39 is 17.6 Å². The Morgan fingerprint density at radius 1 is 0.897 bits per heavy atom. The summed E-state index contributed by atoms with van der Waals surface area (Å²) >= 11 is 0. The fourth-order valence-electron chi connectivity index (χ4n) is 4.76. The molecule has 4 rings (SSSR count). The Morgan fingerprint density at radius 2 is 1.62 bits per heavy atom. The van der Waals surface area contributed by atoms with Crippen LogP contribution in [0.4, 0.5) is 23.4 Å². The number of aryl methyl sites for hydroxylation is 1. The second-order valence-corrected chi connectivity index (χ2v) is 9.89. The highest BCUT2D eigenvalue weighted by molar-refractivity contribution is 5.92. The zero-order chi connectivity index (χ0) is 28.2. The van der Waals surface area contributed by atoms with Gasteiger partial charge in [0.2, 0.25) is 0 Å². The van der Waals surface area contributed by atoms with Crippen molar-refractivity contribution in [3.05, 3.63) is 77.6 Å². The summed E-state index contributed by atoms with van der Waals surface area (Å²) in [5.74, 6) is 0.220. The average Bonchev–Trinajstić information content (AvgIpc) is 2.91. The highest BCUT2D eigenvalue weighted by Crippen LogP contribution is 2.35. The molecule has 1 N–H and O–H groups in total. The van der Waals surface area contributed by atoms with Crippen LogP contribution in [0.3, 0.4) is 0 Å². The summed E-state index contributed by atoms with van der Waals surface area (Å²) in [6, 6.07) is 15.6. The Hall–Kier alpha value is -3.52. The van der Waals surface area contributed by atoms with E-state index >= 15 is 0 Å². The molecule has 1 aromatic heterocycles. The number of aromatic nitrogens is 2. The topological polar surface area (TPSA) is 41.0 Å². The highest BCUT2D eigenvalue weighted by atomic mass is 19.4. The van der Waals surface area contributed by atoms with Gasteiger partial charge in [-0.25, -0.2) is 14.4 Å². The van der Waals surface area contributed by atoms with Crippen molar-refractivity contribution in [3.63, 3.8) is 0 Å². The fraction of sp³-hybridized carbons (Fsp3) is 0.355. The minimum atomic E-state index is -4.64. The molecule has 0 aliphatic heterocycles. The van der Waals surface area contributed by atoms with Crippen molar-refractivity contribution in [2.24, 2.45) is 0 Å². The SMILES string of the molecule is CCN(CC)CCCC(C)Nc1nc(-c2cccc(-c3cc(F)cc(C(F)(F)F)c3)c2)nc2c(C)cccc12. The monoisotopic (exact) mass is 538 g/mol. The lowest BCUT2D eigenvalue weighted by atomic mass is 10.00. The van der Waals surface area contributed by atoms with Gasteiger partial charge in [0.05, 0.1) is 11.1 Å². The van der Waals surface area contributed by atoms with Gasteiger partial charge in [-0.1, -0.05) is 44.2 Å². The molecule has 3 aromatic carbocycles. The third-order valence-corrected chi connectivity index (χ3v) is 7.00. The first-order valence-electron chi connectivity index (χ1n) is 13.3. The van der Waals surface area contributed by atoms with Crippen molar-refractivity contribution in [3.8, 4) is 22.5 Å². The van der Waals surface area contributed by atoms with Crippen LogP contribution in [0.1, 0.15) is 44.7 Å². The van der Waals surface area contributed by atoms with Crippen molar-refractivity contribution in [1.82, 2.24) is 14.9 Å². The van der Waals surface area contributed by atoms with E-state index in [9.17, 15) is 17.6 Å². The lowest BCUT2D eigenvalue weighted by molar-refractivity contribution is -0.137. The molecule has 0 saturated carbocycles. The van der Waals surface area contributed by atoms with Crippen LogP contribution < -0.4 is 5.32 Å². The number of para-hydroxylation sites is 1. The maximum atomic E-state index is 14.1. The normalized spacial score (nSPS) is 12.7. The van der Waals surface area contributed by atoms with E-state index in [1.54, 1.807) is 18.2 Å². The fourth-order valence-corrected chi connectivity index (χ4v) is 4.76. The molecule has 0 fully saturated rings. The van der Waals surface area contributed by atoms with Crippen molar-refractivity contribution in [1.29, 1.82) is 0 Å². The van der Waals surface area contributed by atoms with E-state index in [-0.39, 0.29) is 11.6 Å². The maximum Gasteiger partial charge on any atom is 0.416 e. The Balaban J connectivity index is 1.69. The van der Waals surface area contributed by atoms with Crippen LogP contribution in [0, 0.1) is 12.7 Å². The summed E-state index contributed by atoms with van der Waals surface area (Å²) in [7, 11) is 0. The van der Waals surface area contributed by atoms with Crippen LogP contribution >= 0.6 is 0 Å². The number of anilines is 1. The van der Waals surface area contributed by atoms with Gasteiger partial charge in [-0.2, -0.15) is 13.2 Å². The molecular formula is C31H34F4N4. The molecule has 206 valence electrons. The Labute approximate surface area is 227 Å². The molecule has 1 heterocycles. The van der Waals surface area contributed by atoms with E-state index in [0.717, 1.165) is 61.1 Å². The zero-order valence-electron chi connectivity index (χ0n) is 22.7. The van der Waals surface area contributed by atoms with Crippen LogP contribution in [0.15, 0.2) is 60.7 Å². The van der Waals surface area contributed by atoms with Gasteiger partial charge >= 0.3 is 6.18 Å². The van der Waals surface area contributed by atoms with E-state index in [2.05, 4.69) is 31.0 Å². The van der Waals surface area contributed by atoms with Crippen LogP contribution in [-0.2, 0) is 6.18 Å². The van der Waals surface area contributed by atoms with Crippen LogP contribution in [0.25, 0.3) is 33.4 Å². The van der Waals surface area contributed by atoms with E-state index in [1.165, 1.54) is 0 Å². The van der Waals surface area contributed by atoms with Gasteiger partial charge in [0.1, 0.15) is 11.6 Å². The van der Waals surface area contributed by atoms with Gasteiger partial charge in [0.15, 0.2) is 5.82 Å². The first-order valence-corrected chi connectivity index (χ1v) is 13.3. The number of hydrogen-bond donors (Lipinski definition) is 1. The molecule has 0 spiro atoms. The Morgan fingerprint density at radius 3 is 2.33 bits per heavy atom. The summed E-state index contributed by atoms with van der Waals surface area (Å²) in [4.78, 5) is 12.1. The molecule has 0 aliphatic carbocycles. The van der Waals surface area contributed by atoms with Gasteiger partial charge in [0.25, 0.3) is 0 Å². The molecule has 0 amide bonds. The van der Waals surface area contributed by atoms with E-state index in [4.69, 9.17) is 9.97 Å². The first kappa shape index (κ1) is 28.5. The van der Waals surface area contributed by atoms with Crippen LogP contribution in [0.2, 0.25) is 0 Å². The molecule has 1 unspecified atom stereocenters. The predicted octanol–water partition coefficient (Wildman–Crippen LogP) is 8.35. The number of hydrogen-bond acceptors (Lipinski definition) is 4. The molecule has 0 bridgehead atoms. The van der Waals surface area contributed by atoms with Gasteiger partial charge in [-0.05, 0) is 93.3 Å². The minimum absolute atomic E-state index is 0.140. The number of rotatable bonds is 10. The van der Waals surface area contributed by atoms with Gasteiger partial charge in [-0.15, -0.1) is 0 Å². The molecule has 1 atom stereocenters. The van der Waals surface area contributed by atoms with Crippen molar-refractivity contribution >= 4 is 16.7 Å². The molecule has 8 heteroatoms. The van der Waals surface area contributed by atoms with E-state index in [0.29, 0.717) is 28.8 Å². The number of alkyl halides is 3. The zero-order valence-corrected chi connectivity index (χ0v) is 22.7. The Kier molecular flexibility index (Phi) is 8.85. The molecular weight excluding hydrogens is 504 g/mol. The van der Waals surface area contributed by atoms with Gasteiger partial charge in [0, 0.05) is 17.0 Å². The average molecular weight is 539 g/mol. The van der Waals surface area contributed by atoms with Gasteiger partial charge < -0.3 is 10.2 Å². The first-order chi connectivity index (χ1) is 18.6. The minimum Gasteiger partial charge on any atom is -0.367 e. The largest absolute Gasteiger partial charge is 0.416 e. The number of fused-ring (bicyclic) bond motifs is 1. The number of halogens is 4. The summed E-state index contributed by atoms with van der Waals surface area (Å²) in [5, 5.41) is 4.47. The van der Waals surface area contributed by atoms with Gasteiger partial charge in [-0.3, -0.25) is 0 Å². The molecule has 39 heavy (non-hydrogen) atoms. The molecule has 4 aromatic rings. The summed E-state index contributed by atoms with van der Waals surface area (Å²) in [5.41, 5.74) is 1.99. The van der Waals surface area contributed by atoms with Crippen LogP contribution in [-0.4, -0.2) is 40.5 Å². The quantitative estimate of drug-likeness (QED) is 0.206. The van der Waals surface area contributed by atoms with Crippen molar-refractivity contribution < 1.29 is 17.6 Å². The molecule has 0 aliphatic rings. The smallest absolute Gasteiger partial charge is 0.367 e. The van der Waals surface area contributed by atoms with Crippen LogP contribution in [0.5, 0.6) is 0 Å². The second kappa shape index (κ2) is 12.1. The van der Waals surface area contributed by atoms with E-state index in [1.807, 2.05) is 31.2 Å². The lowest BCUT2D eigenvalue weighted by Gasteiger charge is -2.21. The number of nitrogens with one attached hydrogen (secondary N) is 1. The standard InChI is InChI=1S/C31H34F4N4/c1-5-39(6-2)15-9-11-21(4)36-30-27-14-7-10-20(3)28(27)37-29(38-30)23-13-8-12-22(16-23)24-17-25(31(33,34)35)19-26(32)18-24/h7-8,10,12-14,16-19,21H,5-6,9,11,15H2,1-4H3,(H,36,37,38). The lowest BCUT2D eigenvalue weighted by Crippen LogP contribution is -2.25. The third-order valence-electron chi connectivity index (χ3n) is 7.00. The molecule has 4 nitrogen and oxygen atoms in total. The Bertz CT molecular complexity index is 1430. The summed E-state index contributed by atoms with van der Waals surface area (Å²) < 4.78 is 54.0. The molecule has 0 radical (unpaired) electrons. The number of benzene rings is 3.